The predicted octanol–water partition coefficient (Wildman–Crippen LogP) is 2.84. The zero-order valence-electron chi connectivity index (χ0n) is 15.9. The summed E-state index contributed by atoms with van der Waals surface area (Å²) in [6.07, 6.45) is 1.57. The Labute approximate surface area is 164 Å². The van der Waals surface area contributed by atoms with Crippen LogP contribution in [-0.4, -0.2) is 42.2 Å². The number of ether oxygens (including phenoxy) is 3. The molecule has 3 aliphatic rings. The van der Waals surface area contributed by atoms with Gasteiger partial charge in [0.25, 0.3) is 5.88 Å². The van der Waals surface area contributed by atoms with Crippen molar-refractivity contribution in [1.82, 2.24) is 9.88 Å². The number of rotatable bonds is 5. The highest BCUT2D eigenvalue weighted by Gasteiger charge is 2.60. The number of piperidine rings is 1. The van der Waals surface area contributed by atoms with Crippen LogP contribution in [0.4, 0.5) is 0 Å². The standard InChI is InChI=1S/C22H24N2O4/c1-2-26-22(25)20-16-11-24(12-17(16)20)10-14-5-7-15(8-6-14)19-13-27-18-4-3-9-23-21(18)28-19/h3-9,16-17,19-20H,2,10-13H2,1H3. The monoisotopic (exact) mass is 380 g/mol. The average Bonchev–Trinajstić information content (AvgIpc) is 3.24. The molecular weight excluding hydrogens is 356 g/mol. The largest absolute Gasteiger partial charge is 0.484 e. The maximum Gasteiger partial charge on any atom is 0.309 e. The normalized spacial score (nSPS) is 27.9. The van der Waals surface area contributed by atoms with Crippen molar-refractivity contribution >= 4 is 5.97 Å². The van der Waals surface area contributed by atoms with Gasteiger partial charge in [-0.2, -0.15) is 0 Å². The van der Waals surface area contributed by atoms with Gasteiger partial charge in [0.15, 0.2) is 11.9 Å². The van der Waals surface area contributed by atoms with Crippen molar-refractivity contribution in [3.63, 3.8) is 0 Å². The van der Waals surface area contributed by atoms with E-state index >= 15 is 0 Å². The number of pyridine rings is 1. The maximum absolute atomic E-state index is 11.9. The fraction of sp³-hybridized carbons (Fsp3) is 0.455. The predicted molar refractivity (Wildman–Crippen MR) is 102 cm³/mol. The molecule has 2 aromatic rings. The van der Waals surface area contributed by atoms with Crippen molar-refractivity contribution in [2.45, 2.75) is 19.6 Å². The molecule has 1 aliphatic carbocycles. The molecule has 3 heterocycles. The Morgan fingerprint density at radius 1 is 1.21 bits per heavy atom. The van der Waals surface area contributed by atoms with Crippen molar-refractivity contribution in [2.24, 2.45) is 17.8 Å². The summed E-state index contributed by atoms with van der Waals surface area (Å²) in [4.78, 5) is 18.5. The molecule has 3 unspecified atom stereocenters. The van der Waals surface area contributed by atoms with Gasteiger partial charge in [-0.05, 0) is 42.0 Å². The Bertz CT molecular complexity index is 857. The lowest BCUT2D eigenvalue weighted by atomic mass is 10.1. The van der Waals surface area contributed by atoms with Crippen LogP contribution in [0.3, 0.4) is 0 Å². The molecule has 0 spiro atoms. The summed E-state index contributed by atoms with van der Waals surface area (Å²) in [7, 11) is 0. The molecule has 0 radical (unpaired) electrons. The fourth-order valence-electron chi connectivity index (χ4n) is 4.50. The topological polar surface area (TPSA) is 60.9 Å². The summed E-state index contributed by atoms with van der Waals surface area (Å²) in [6, 6.07) is 12.2. The Balaban J connectivity index is 1.16. The smallest absolute Gasteiger partial charge is 0.309 e. The summed E-state index contributed by atoms with van der Waals surface area (Å²) in [5.41, 5.74) is 2.36. The van der Waals surface area contributed by atoms with Gasteiger partial charge in [0.1, 0.15) is 6.61 Å². The van der Waals surface area contributed by atoms with Gasteiger partial charge in [-0.3, -0.25) is 9.69 Å². The van der Waals surface area contributed by atoms with Crippen LogP contribution in [0.25, 0.3) is 0 Å². The van der Waals surface area contributed by atoms with E-state index < -0.39 is 0 Å². The minimum absolute atomic E-state index is 0.00716. The lowest BCUT2D eigenvalue weighted by Crippen LogP contribution is -2.26. The minimum atomic E-state index is -0.138. The van der Waals surface area contributed by atoms with E-state index in [1.165, 1.54) is 5.56 Å². The zero-order chi connectivity index (χ0) is 19.1. The molecule has 2 fully saturated rings. The van der Waals surface area contributed by atoms with Crippen LogP contribution in [0.1, 0.15) is 24.2 Å². The third-order valence-corrected chi connectivity index (χ3v) is 5.97. The number of fused-ring (bicyclic) bond motifs is 2. The van der Waals surface area contributed by atoms with Crippen molar-refractivity contribution in [3.05, 3.63) is 53.7 Å². The third kappa shape index (κ3) is 3.22. The van der Waals surface area contributed by atoms with Gasteiger partial charge in [-0.15, -0.1) is 0 Å². The van der Waals surface area contributed by atoms with Gasteiger partial charge in [0, 0.05) is 25.8 Å². The molecule has 3 atom stereocenters. The Morgan fingerprint density at radius 3 is 2.75 bits per heavy atom. The van der Waals surface area contributed by atoms with E-state index in [0.717, 1.165) is 25.2 Å². The molecular formula is C22H24N2O4. The average molecular weight is 380 g/mol. The summed E-state index contributed by atoms with van der Waals surface area (Å²) in [5.74, 6) is 2.35. The molecule has 0 N–H and O–H groups in total. The molecule has 0 amide bonds. The second kappa shape index (κ2) is 7.09. The van der Waals surface area contributed by atoms with Gasteiger partial charge in [0.05, 0.1) is 12.5 Å². The summed E-state index contributed by atoms with van der Waals surface area (Å²) in [6.45, 7) is 5.71. The quantitative estimate of drug-likeness (QED) is 0.744. The molecule has 1 saturated heterocycles. The second-order valence-corrected chi connectivity index (χ2v) is 7.77. The van der Waals surface area contributed by atoms with Crippen LogP contribution >= 0.6 is 0 Å². The van der Waals surface area contributed by atoms with Gasteiger partial charge < -0.3 is 14.2 Å². The van der Waals surface area contributed by atoms with Gasteiger partial charge in [0.2, 0.25) is 0 Å². The van der Waals surface area contributed by atoms with E-state index in [1.807, 2.05) is 19.1 Å². The Hall–Kier alpha value is -2.60. The van der Waals surface area contributed by atoms with E-state index in [9.17, 15) is 4.79 Å². The molecule has 5 rings (SSSR count). The lowest BCUT2D eigenvalue weighted by Gasteiger charge is -2.26. The van der Waals surface area contributed by atoms with E-state index in [0.29, 0.717) is 36.7 Å². The van der Waals surface area contributed by atoms with E-state index in [4.69, 9.17) is 14.2 Å². The molecule has 6 heteroatoms. The summed E-state index contributed by atoms with van der Waals surface area (Å²) in [5, 5.41) is 0. The first-order chi connectivity index (χ1) is 13.7. The maximum atomic E-state index is 11.9. The van der Waals surface area contributed by atoms with Crippen LogP contribution in [0.15, 0.2) is 42.6 Å². The Kier molecular flexibility index (Phi) is 4.43. The van der Waals surface area contributed by atoms with Crippen LogP contribution in [0, 0.1) is 17.8 Å². The SMILES string of the molecule is CCOC(=O)C1C2CN(Cc3ccc(C4COc5cccnc5O4)cc3)CC21. The van der Waals surface area contributed by atoms with Gasteiger partial charge >= 0.3 is 5.97 Å². The number of hydrogen-bond donors (Lipinski definition) is 0. The Morgan fingerprint density at radius 2 is 2.00 bits per heavy atom. The first-order valence-corrected chi connectivity index (χ1v) is 9.95. The summed E-state index contributed by atoms with van der Waals surface area (Å²) < 4.78 is 16.9. The third-order valence-electron chi connectivity index (χ3n) is 5.97. The molecule has 6 nitrogen and oxygen atoms in total. The lowest BCUT2D eigenvalue weighted by molar-refractivity contribution is -0.145. The van der Waals surface area contributed by atoms with E-state index in [1.54, 1.807) is 6.20 Å². The van der Waals surface area contributed by atoms with Crippen molar-refractivity contribution < 1.29 is 19.0 Å². The van der Waals surface area contributed by atoms with E-state index in [-0.39, 0.29) is 18.0 Å². The molecule has 146 valence electrons. The van der Waals surface area contributed by atoms with Crippen LogP contribution < -0.4 is 9.47 Å². The molecule has 1 aromatic heterocycles. The highest BCUT2D eigenvalue weighted by atomic mass is 16.6. The van der Waals surface area contributed by atoms with Crippen molar-refractivity contribution in [1.29, 1.82) is 0 Å². The van der Waals surface area contributed by atoms with Gasteiger partial charge in [-0.1, -0.05) is 24.3 Å². The van der Waals surface area contributed by atoms with Crippen LogP contribution in [0.5, 0.6) is 11.6 Å². The highest BCUT2D eigenvalue weighted by Crippen LogP contribution is 2.52. The first-order valence-electron chi connectivity index (χ1n) is 9.95. The van der Waals surface area contributed by atoms with Crippen LogP contribution in [-0.2, 0) is 16.1 Å². The molecule has 0 bridgehead atoms. The number of likely N-dealkylation sites (tertiary alicyclic amines) is 1. The van der Waals surface area contributed by atoms with E-state index in [2.05, 4.69) is 34.1 Å². The molecule has 2 aliphatic heterocycles. The molecule has 28 heavy (non-hydrogen) atoms. The van der Waals surface area contributed by atoms with Gasteiger partial charge in [-0.25, -0.2) is 4.98 Å². The van der Waals surface area contributed by atoms with Crippen molar-refractivity contribution in [3.8, 4) is 11.6 Å². The number of carbonyl (C=O) groups is 1. The molecule has 1 aromatic carbocycles. The fourth-order valence-corrected chi connectivity index (χ4v) is 4.50. The number of nitrogens with zero attached hydrogens (tertiary/aromatic N) is 2. The summed E-state index contributed by atoms with van der Waals surface area (Å²) >= 11 is 0. The number of benzene rings is 1. The zero-order valence-corrected chi connectivity index (χ0v) is 15.9. The first kappa shape index (κ1) is 17.5. The van der Waals surface area contributed by atoms with Crippen LogP contribution in [0.2, 0.25) is 0 Å². The second-order valence-electron chi connectivity index (χ2n) is 7.77. The number of esters is 1. The molecule has 1 saturated carbocycles. The minimum Gasteiger partial charge on any atom is -0.484 e. The number of aromatic nitrogens is 1. The number of carbonyl (C=O) groups excluding carboxylic acids is 1. The van der Waals surface area contributed by atoms with Crippen molar-refractivity contribution in [2.75, 3.05) is 26.3 Å². The number of hydrogen-bond acceptors (Lipinski definition) is 6. The highest BCUT2D eigenvalue weighted by molar-refractivity contribution is 5.77.